The van der Waals surface area contributed by atoms with Crippen molar-refractivity contribution in [2.24, 2.45) is 0 Å². The monoisotopic (exact) mass is 320 g/mol. The highest BCUT2D eigenvalue weighted by atomic mass is 32.2. The predicted molar refractivity (Wildman–Crippen MR) is 88.1 cm³/mol. The van der Waals surface area contributed by atoms with E-state index in [1.54, 1.807) is 18.2 Å². The van der Waals surface area contributed by atoms with Crippen LogP contribution in [0.3, 0.4) is 0 Å². The molecule has 0 unspecified atom stereocenters. The van der Waals surface area contributed by atoms with E-state index >= 15 is 0 Å². The topological polar surface area (TPSA) is 66.5 Å². The number of hydrogen-bond donors (Lipinski definition) is 1. The molecular formula is C16H20N2O3S. The number of hydrogen-bond acceptors (Lipinski definition) is 3. The maximum atomic E-state index is 12.4. The molecule has 5 nitrogen and oxygen atoms in total. The lowest BCUT2D eigenvalue weighted by molar-refractivity contribution is 0.0790. The number of carbonyl (C=O) groups excluding carboxylic acids is 1. The molecule has 118 valence electrons. The molecule has 0 atom stereocenters. The van der Waals surface area contributed by atoms with Crippen molar-refractivity contribution in [2.75, 3.05) is 19.6 Å². The van der Waals surface area contributed by atoms with Gasteiger partial charge in [0, 0.05) is 25.2 Å². The third-order valence-electron chi connectivity index (χ3n) is 2.80. The van der Waals surface area contributed by atoms with Crippen LogP contribution in [0, 0.1) is 0 Å². The minimum absolute atomic E-state index is 0.0392. The van der Waals surface area contributed by atoms with Gasteiger partial charge in [-0.25, -0.2) is 13.1 Å². The largest absolute Gasteiger partial charge is 0.331 e. The van der Waals surface area contributed by atoms with Gasteiger partial charge in [-0.3, -0.25) is 4.79 Å². The lowest BCUT2D eigenvalue weighted by Gasteiger charge is -2.19. The first-order valence-corrected chi connectivity index (χ1v) is 8.16. The number of carbonyl (C=O) groups is 1. The third-order valence-corrected chi connectivity index (χ3v) is 4.22. The molecule has 0 radical (unpaired) electrons. The van der Waals surface area contributed by atoms with Gasteiger partial charge in [0.1, 0.15) is 0 Å². The molecule has 1 rings (SSSR count). The van der Waals surface area contributed by atoms with Crippen molar-refractivity contribution < 1.29 is 13.2 Å². The molecule has 0 spiro atoms. The summed E-state index contributed by atoms with van der Waals surface area (Å²) in [6.45, 7) is 11.5. The Morgan fingerprint density at radius 1 is 1.14 bits per heavy atom. The molecule has 1 amide bonds. The van der Waals surface area contributed by atoms with Gasteiger partial charge in [0.05, 0.1) is 4.90 Å². The number of rotatable bonds is 9. The van der Waals surface area contributed by atoms with E-state index in [-0.39, 0.29) is 17.3 Å². The van der Waals surface area contributed by atoms with E-state index in [4.69, 9.17) is 0 Å². The Labute approximate surface area is 131 Å². The van der Waals surface area contributed by atoms with E-state index in [9.17, 15) is 13.2 Å². The van der Waals surface area contributed by atoms with Gasteiger partial charge in [-0.1, -0.05) is 24.3 Å². The Kier molecular flexibility index (Phi) is 6.75. The lowest BCUT2D eigenvalue weighted by Crippen LogP contribution is -2.31. The van der Waals surface area contributed by atoms with Gasteiger partial charge in [-0.15, -0.1) is 19.7 Å². The summed E-state index contributed by atoms with van der Waals surface area (Å²) in [4.78, 5) is 14.0. The number of nitrogens with one attached hydrogen (secondary N) is 1. The summed E-state index contributed by atoms with van der Waals surface area (Å²) >= 11 is 0. The summed E-state index contributed by atoms with van der Waals surface area (Å²) in [5, 5.41) is 0. The minimum Gasteiger partial charge on any atom is -0.331 e. The van der Waals surface area contributed by atoms with Crippen LogP contribution >= 0.6 is 0 Å². The van der Waals surface area contributed by atoms with Gasteiger partial charge in [-0.05, 0) is 18.2 Å². The second-order valence-corrected chi connectivity index (χ2v) is 6.22. The van der Waals surface area contributed by atoms with E-state index in [2.05, 4.69) is 24.5 Å². The summed E-state index contributed by atoms with van der Waals surface area (Å²) in [5.41, 5.74) is 0.296. The number of nitrogens with zero attached hydrogens (tertiary/aromatic N) is 1. The van der Waals surface area contributed by atoms with E-state index in [1.165, 1.54) is 29.2 Å². The van der Waals surface area contributed by atoms with Crippen molar-refractivity contribution in [1.82, 2.24) is 9.62 Å². The Morgan fingerprint density at radius 3 is 2.32 bits per heavy atom. The van der Waals surface area contributed by atoms with Crippen LogP contribution < -0.4 is 4.72 Å². The highest BCUT2D eigenvalue weighted by Crippen LogP contribution is 2.13. The molecular weight excluding hydrogens is 300 g/mol. The van der Waals surface area contributed by atoms with Crippen molar-refractivity contribution >= 4 is 15.9 Å². The van der Waals surface area contributed by atoms with Gasteiger partial charge in [0.2, 0.25) is 10.0 Å². The summed E-state index contributed by atoms with van der Waals surface area (Å²) < 4.78 is 26.5. The van der Waals surface area contributed by atoms with Crippen molar-refractivity contribution in [3.8, 4) is 0 Å². The van der Waals surface area contributed by atoms with Gasteiger partial charge < -0.3 is 4.90 Å². The highest BCUT2D eigenvalue weighted by Gasteiger charge is 2.18. The second-order valence-electron chi connectivity index (χ2n) is 4.46. The standard InChI is InChI=1S/C16H20N2O3S/c1-4-10-17-22(20,21)15-9-7-8-14(13-15)16(19)18(11-5-2)12-6-3/h4-9,13,17H,1-3,10-12H2. The first-order chi connectivity index (χ1) is 10.5. The molecule has 0 bridgehead atoms. The lowest BCUT2D eigenvalue weighted by atomic mass is 10.2. The van der Waals surface area contributed by atoms with Crippen LogP contribution in [0.2, 0.25) is 0 Å². The minimum atomic E-state index is -3.66. The Balaban J connectivity index is 3.09. The first kappa shape index (κ1) is 17.9. The molecule has 0 saturated carbocycles. The number of amides is 1. The van der Waals surface area contributed by atoms with Gasteiger partial charge in [0.15, 0.2) is 0 Å². The van der Waals surface area contributed by atoms with Gasteiger partial charge >= 0.3 is 0 Å². The fourth-order valence-electron chi connectivity index (χ4n) is 1.78. The molecule has 1 aromatic carbocycles. The summed E-state index contributed by atoms with van der Waals surface area (Å²) in [6, 6.07) is 5.91. The molecule has 1 N–H and O–H groups in total. The van der Waals surface area contributed by atoms with Crippen molar-refractivity contribution in [2.45, 2.75) is 4.90 Å². The van der Waals surface area contributed by atoms with Crippen LogP contribution in [0.15, 0.2) is 67.1 Å². The summed E-state index contributed by atoms with van der Waals surface area (Å²) in [5.74, 6) is -0.277. The molecule has 6 heteroatoms. The van der Waals surface area contributed by atoms with E-state index in [1.807, 2.05) is 0 Å². The van der Waals surface area contributed by atoms with Crippen LogP contribution in [-0.4, -0.2) is 38.9 Å². The molecule has 0 heterocycles. The molecule has 1 aromatic rings. The van der Waals surface area contributed by atoms with Crippen molar-refractivity contribution in [3.63, 3.8) is 0 Å². The first-order valence-electron chi connectivity index (χ1n) is 6.68. The fourth-order valence-corrected chi connectivity index (χ4v) is 2.83. The summed E-state index contributed by atoms with van der Waals surface area (Å²) in [7, 11) is -3.66. The van der Waals surface area contributed by atoms with Crippen LogP contribution in [0.4, 0.5) is 0 Å². The van der Waals surface area contributed by atoms with E-state index in [0.717, 1.165) is 0 Å². The maximum absolute atomic E-state index is 12.4. The van der Waals surface area contributed by atoms with Crippen LogP contribution in [-0.2, 0) is 10.0 Å². The van der Waals surface area contributed by atoms with Crippen LogP contribution in [0.1, 0.15) is 10.4 Å². The molecule has 0 saturated heterocycles. The third kappa shape index (κ3) is 4.68. The Morgan fingerprint density at radius 2 is 1.77 bits per heavy atom. The molecule has 0 aliphatic rings. The van der Waals surface area contributed by atoms with Crippen LogP contribution in [0.5, 0.6) is 0 Å². The van der Waals surface area contributed by atoms with Crippen LogP contribution in [0.25, 0.3) is 0 Å². The zero-order valence-corrected chi connectivity index (χ0v) is 13.2. The van der Waals surface area contributed by atoms with Crippen molar-refractivity contribution in [3.05, 3.63) is 67.8 Å². The SMILES string of the molecule is C=CCNS(=O)(=O)c1cccc(C(=O)N(CC=C)CC=C)c1. The quantitative estimate of drug-likeness (QED) is 0.707. The van der Waals surface area contributed by atoms with Crippen molar-refractivity contribution in [1.29, 1.82) is 0 Å². The zero-order valence-electron chi connectivity index (χ0n) is 12.4. The molecule has 0 aromatic heterocycles. The summed E-state index contributed by atoms with van der Waals surface area (Å²) in [6.07, 6.45) is 4.66. The van der Waals surface area contributed by atoms with Gasteiger partial charge in [-0.2, -0.15) is 0 Å². The normalized spacial score (nSPS) is 10.7. The van der Waals surface area contributed by atoms with E-state index in [0.29, 0.717) is 18.7 Å². The molecule has 0 fully saturated rings. The number of benzene rings is 1. The predicted octanol–water partition coefficient (Wildman–Crippen LogP) is 1.97. The second kappa shape index (κ2) is 8.31. The molecule has 0 aliphatic heterocycles. The Bertz CT molecular complexity index is 656. The smallest absolute Gasteiger partial charge is 0.254 e. The highest BCUT2D eigenvalue weighted by molar-refractivity contribution is 7.89. The Hall–Kier alpha value is -2.18. The van der Waals surface area contributed by atoms with E-state index < -0.39 is 10.0 Å². The number of sulfonamides is 1. The maximum Gasteiger partial charge on any atom is 0.254 e. The zero-order chi connectivity index (χ0) is 16.6. The fraction of sp³-hybridized carbons (Fsp3) is 0.188. The molecule has 22 heavy (non-hydrogen) atoms. The average Bonchev–Trinajstić information content (AvgIpc) is 2.52. The molecule has 0 aliphatic carbocycles. The van der Waals surface area contributed by atoms with Gasteiger partial charge in [0.25, 0.3) is 5.91 Å². The average molecular weight is 320 g/mol.